The molecule has 0 unspecified atom stereocenters. The van der Waals surface area contributed by atoms with Gasteiger partial charge in [0.2, 0.25) is 0 Å². The number of rotatable bonds is 1. The van der Waals surface area contributed by atoms with Gasteiger partial charge >= 0.3 is 0 Å². The molecule has 2 nitrogen and oxygen atoms in total. The number of phenolic OH excluding ortho intramolecular Hbond substituents is 2. The summed E-state index contributed by atoms with van der Waals surface area (Å²) in [7, 11) is 0. The number of hydrogen-bond acceptors (Lipinski definition) is 2. The Hall–Kier alpha value is -3.00. The first-order valence-electron chi connectivity index (χ1n) is 7.17. The summed E-state index contributed by atoms with van der Waals surface area (Å²) in [6.07, 6.45) is 0. The highest BCUT2D eigenvalue weighted by Crippen LogP contribution is 2.43. The molecule has 22 heavy (non-hydrogen) atoms. The standard InChI is InChI=1S/C20H14O2/c21-18-12-16-10-14-8-4-5-9-15(14)11-17(16)19(20(18)22)13-6-2-1-3-7-13/h1-12,21-22H. The molecule has 0 heterocycles. The molecule has 4 rings (SSSR count). The molecule has 0 aromatic heterocycles. The summed E-state index contributed by atoms with van der Waals surface area (Å²) in [4.78, 5) is 0. The van der Waals surface area contributed by atoms with Crippen LogP contribution in [0.5, 0.6) is 11.5 Å². The summed E-state index contributed by atoms with van der Waals surface area (Å²) >= 11 is 0. The molecule has 0 aliphatic heterocycles. The molecule has 0 amide bonds. The Labute approximate surface area is 127 Å². The summed E-state index contributed by atoms with van der Waals surface area (Å²) < 4.78 is 0. The topological polar surface area (TPSA) is 40.5 Å². The van der Waals surface area contributed by atoms with Gasteiger partial charge in [-0.3, -0.25) is 0 Å². The van der Waals surface area contributed by atoms with E-state index >= 15 is 0 Å². The van der Waals surface area contributed by atoms with Gasteiger partial charge in [-0.15, -0.1) is 0 Å². The lowest BCUT2D eigenvalue weighted by Crippen LogP contribution is -1.85. The summed E-state index contributed by atoms with van der Waals surface area (Å²) in [6.45, 7) is 0. The summed E-state index contributed by atoms with van der Waals surface area (Å²) in [6, 6.07) is 23.4. The molecule has 0 fully saturated rings. The maximum absolute atomic E-state index is 10.4. The average Bonchev–Trinajstić information content (AvgIpc) is 2.55. The first-order chi connectivity index (χ1) is 10.7. The lowest BCUT2D eigenvalue weighted by Gasteiger charge is -2.12. The van der Waals surface area contributed by atoms with Gasteiger partial charge < -0.3 is 10.2 Å². The quantitative estimate of drug-likeness (QED) is 0.379. The van der Waals surface area contributed by atoms with Gasteiger partial charge in [-0.1, -0.05) is 54.6 Å². The molecule has 4 aromatic carbocycles. The summed E-state index contributed by atoms with van der Waals surface area (Å²) in [5, 5.41) is 24.5. The monoisotopic (exact) mass is 286 g/mol. The van der Waals surface area contributed by atoms with Crippen molar-refractivity contribution in [3.8, 4) is 22.6 Å². The van der Waals surface area contributed by atoms with Gasteiger partial charge in [0.25, 0.3) is 0 Å². The van der Waals surface area contributed by atoms with Crippen LogP contribution in [-0.2, 0) is 0 Å². The van der Waals surface area contributed by atoms with Crippen LogP contribution in [0.1, 0.15) is 0 Å². The van der Waals surface area contributed by atoms with E-state index in [-0.39, 0.29) is 11.5 Å². The molecule has 0 bridgehead atoms. The van der Waals surface area contributed by atoms with Crippen LogP contribution in [0.15, 0.2) is 72.8 Å². The highest BCUT2D eigenvalue weighted by atomic mass is 16.3. The molecule has 0 radical (unpaired) electrons. The van der Waals surface area contributed by atoms with Gasteiger partial charge in [-0.05, 0) is 45.3 Å². The molecule has 0 atom stereocenters. The maximum Gasteiger partial charge on any atom is 0.166 e. The fourth-order valence-corrected chi connectivity index (χ4v) is 2.96. The minimum absolute atomic E-state index is 0.0750. The van der Waals surface area contributed by atoms with E-state index in [1.165, 1.54) is 0 Å². The van der Waals surface area contributed by atoms with Gasteiger partial charge in [0.1, 0.15) is 0 Å². The number of benzene rings is 4. The molecule has 2 heteroatoms. The third-order valence-electron chi connectivity index (χ3n) is 4.02. The Morgan fingerprint density at radius 1 is 0.591 bits per heavy atom. The Morgan fingerprint density at radius 3 is 1.95 bits per heavy atom. The van der Waals surface area contributed by atoms with E-state index < -0.39 is 0 Å². The van der Waals surface area contributed by atoms with E-state index in [9.17, 15) is 10.2 Å². The third-order valence-corrected chi connectivity index (χ3v) is 4.02. The van der Waals surface area contributed by atoms with Crippen molar-refractivity contribution in [1.82, 2.24) is 0 Å². The van der Waals surface area contributed by atoms with E-state index in [1.54, 1.807) is 6.07 Å². The zero-order valence-electron chi connectivity index (χ0n) is 11.8. The van der Waals surface area contributed by atoms with Crippen LogP contribution in [0.4, 0.5) is 0 Å². The highest BCUT2D eigenvalue weighted by Gasteiger charge is 2.14. The molecule has 2 N–H and O–H groups in total. The van der Waals surface area contributed by atoms with Crippen molar-refractivity contribution in [3.05, 3.63) is 72.8 Å². The Balaban J connectivity index is 2.17. The SMILES string of the molecule is Oc1cc2cc3ccccc3cc2c(-c2ccccc2)c1O. The normalized spacial score (nSPS) is 11.1. The zero-order chi connectivity index (χ0) is 15.1. The molecule has 0 aliphatic carbocycles. The number of phenols is 2. The molecule has 106 valence electrons. The zero-order valence-corrected chi connectivity index (χ0v) is 11.8. The van der Waals surface area contributed by atoms with E-state index in [1.807, 2.05) is 60.7 Å². The fourth-order valence-electron chi connectivity index (χ4n) is 2.96. The number of aromatic hydroxyl groups is 2. The van der Waals surface area contributed by atoms with Crippen molar-refractivity contribution >= 4 is 21.5 Å². The molecular weight excluding hydrogens is 272 g/mol. The van der Waals surface area contributed by atoms with E-state index in [0.717, 1.165) is 27.1 Å². The van der Waals surface area contributed by atoms with Gasteiger partial charge in [0, 0.05) is 5.56 Å². The first-order valence-corrected chi connectivity index (χ1v) is 7.17. The minimum Gasteiger partial charge on any atom is -0.504 e. The van der Waals surface area contributed by atoms with Crippen LogP contribution in [-0.4, -0.2) is 10.2 Å². The summed E-state index contributed by atoms with van der Waals surface area (Å²) in [5.74, 6) is -0.171. The molecule has 4 aromatic rings. The predicted molar refractivity (Wildman–Crippen MR) is 90.2 cm³/mol. The van der Waals surface area contributed by atoms with Crippen LogP contribution in [0.2, 0.25) is 0 Å². The van der Waals surface area contributed by atoms with Crippen molar-refractivity contribution < 1.29 is 10.2 Å². The van der Waals surface area contributed by atoms with Crippen molar-refractivity contribution in [2.45, 2.75) is 0 Å². The molecule has 0 saturated heterocycles. The van der Waals surface area contributed by atoms with Crippen LogP contribution in [0.3, 0.4) is 0 Å². The van der Waals surface area contributed by atoms with Gasteiger partial charge in [0.05, 0.1) is 0 Å². The maximum atomic E-state index is 10.4. The van der Waals surface area contributed by atoms with E-state index in [0.29, 0.717) is 5.56 Å². The van der Waals surface area contributed by atoms with Crippen LogP contribution in [0, 0.1) is 0 Å². The predicted octanol–water partition coefficient (Wildman–Crippen LogP) is 5.07. The van der Waals surface area contributed by atoms with Crippen molar-refractivity contribution in [2.24, 2.45) is 0 Å². The lowest BCUT2D eigenvalue weighted by molar-refractivity contribution is 0.406. The van der Waals surface area contributed by atoms with E-state index in [4.69, 9.17) is 0 Å². The van der Waals surface area contributed by atoms with Gasteiger partial charge in [-0.25, -0.2) is 0 Å². The third kappa shape index (κ3) is 1.89. The molecule has 0 aliphatic rings. The van der Waals surface area contributed by atoms with Crippen molar-refractivity contribution in [3.63, 3.8) is 0 Å². The van der Waals surface area contributed by atoms with Crippen LogP contribution < -0.4 is 0 Å². The van der Waals surface area contributed by atoms with Crippen LogP contribution in [0.25, 0.3) is 32.7 Å². The number of fused-ring (bicyclic) bond motifs is 2. The Morgan fingerprint density at radius 2 is 1.23 bits per heavy atom. The molecular formula is C20H14O2. The number of hydrogen-bond donors (Lipinski definition) is 2. The second-order valence-corrected chi connectivity index (χ2v) is 5.41. The largest absolute Gasteiger partial charge is 0.504 e. The fraction of sp³-hybridized carbons (Fsp3) is 0. The molecule has 0 spiro atoms. The van der Waals surface area contributed by atoms with Gasteiger partial charge in [0.15, 0.2) is 11.5 Å². The average molecular weight is 286 g/mol. The minimum atomic E-state index is -0.0957. The Bertz CT molecular complexity index is 989. The lowest BCUT2D eigenvalue weighted by atomic mass is 9.94. The van der Waals surface area contributed by atoms with E-state index in [2.05, 4.69) is 6.07 Å². The van der Waals surface area contributed by atoms with Crippen molar-refractivity contribution in [2.75, 3.05) is 0 Å². The van der Waals surface area contributed by atoms with Crippen molar-refractivity contribution in [1.29, 1.82) is 0 Å². The van der Waals surface area contributed by atoms with Crippen LogP contribution >= 0.6 is 0 Å². The smallest absolute Gasteiger partial charge is 0.166 e. The molecule has 0 saturated carbocycles. The highest BCUT2D eigenvalue weighted by molar-refractivity contribution is 6.07. The second-order valence-electron chi connectivity index (χ2n) is 5.41. The second kappa shape index (κ2) is 4.78. The first kappa shape index (κ1) is 12.7. The summed E-state index contributed by atoms with van der Waals surface area (Å²) in [5.41, 5.74) is 1.55. The van der Waals surface area contributed by atoms with Gasteiger partial charge in [-0.2, -0.15) is 0 Å². The Kier molecular flexibility index (Phi) is 2.76.